The zero-order valence-electron chi connectivity index (χ0n) is 16.1. The highest BCUT2D eigenvalue weighted by atomic mass is 16.5. The summed E-state index contributed by atoms with van der Waals surface area (Å²) in [5.41, 5.74) is 1.65. The van der Waals surface area contributed by atoms with E-state index in [-0.39, 0.29) is 13.2 Å². The van der Waals surface area contributed by atoms with Crippen LogP contribution in [0.15, 0.2) is 48.5 Å². The number of methoxy groups -OCH3 is 3. The van der Waals surface area contributed by atoms with Gasteiger partial charge in [0.1, 0.15) is 5.75 Å². The number of amides is 1. The maximum Gasteiger partial charge on any atom is 0.331 e. The van der Waals surface area contributed by atoms with Gasteiger partial charge in [-0.2, -0.15) is 0 Å². The molecule has 0 saturated heterocycles. The van der Waals surface area contributed by atoms with Gasteiger partial charge in [0.25, 0.3) is 5.91 Å². The highest BCUT2D eigenvalue weighted by molar-refractivity contribution is 5.89. The van der Waals surface area contributed by atoms with E-state index in [9.17, 15) is 9.59 Å². The Morgan fingerprint density at radius 1 is 0.929 bits per heavy atom. The molecule has 148 valence electrons. The topological polar surface area (TPSA) is 83.1 Å². The van der Waals surface area contributed by atoms with Crippen LogP contribution >= 0.6 is 0 Å². The SMILES string of the molecule is COc1ccc(/C=C/C(=O)OCC(=O)NCc2ccc(OC)c(OC)c2)cc1. The maximum absolute atomic E-state index is 11.9. The summed E-state index contributed by atoms with van der Waals surface area (Å²) in [5, 5.41) is 2.68. The molecule has 2 rings (SSSR count). The molecular weight excluding hydrogens is 362 g/mol. The van der Waals surface area contributed by atoms with Crippen molar-refractivity contribution in [3.8, 4) is 17.2 Å². The standard InChI is InChI=1S/C21H23NO6/c1-25-17-8-4-15(5-9-17)7-11-21(24)28-14-20(23)22-13-16-6-10-18(26-2)19(12-16)27-3/h4-12H,13-14H2,1-3H3,(H,22,23)/b11-7+. The van der Waals surface area contributed by atoms with Crippen LogP contribution in [0.2, 0.25) is 0 Å². The van der Waals surface area contributed by atoms with E-state index in [0.717, 1.165) is 16.9 Å². The number of carbonyl (C=O) groups is 2. The lowest BCUT2D eigenvalue weighted by Gasteiger charge is -2.10. The predicted molar refractivity (Wildman–Crippen MR) is 104 cm³/mol. The van der Waals surface area contributed by atoms with E-state index >= 15 is 0 Å². The van der Waals surface area contributed by atoms with E-state index in [4.69, 9.17) is 18.9 Å². The molecule has 0 heterocycles. The smallest absolute Gasteiger partial charge is 0.331 e. The van der Waals surface area contributed by atoms with Gasteiger partial charge in [-0.15, -0.1) is 0 Å². The number of nitrogens with one attached hydrogen (secondary N) is 1. The molecule has 0 spiro atoms. The van der Waals surface area contributed by atoms with Crippen molar-refractivity contribution in [1.82, 2.24) is 5.32 Å². The molecule has 0 atom stereocenters. The van der Waals surface area contributed by atoms with E-state index in [1.54, 1.807) is 63.8 Å². The van der Waals surface area contributed by atoms with Crippen molar-refractivity contribution in [2.45, 2.75) is 6.54 Å². The predicted octanol–water partition coefficient (Wildman–Crippen LogP) is 2.59. The number of hydrogen-bond acceptors (Lipinski definition) is 6. The van der Waals surface area contributed by atoms with Crippen LogP contribution < -0.4 is 19.5 Å². The summed E-state index contributed by atoms with van der Waals surface area (Å²) in [6.07, 6.45) is 2.87. The third-order valence-electron chi connectivity index (χ3n) is 3.81. The van der Waals surface area contributed by atoms with Gasteiger partial charge in [-0.3, -0.25) is 4.79 Å². The first-order chi connectivity index (χ1) is 13.5. The molecule has 1 amide bonds. The fourth-order valence-corrected chi connectivity index (χ4v) is 2.31. The number of ether oxygens (including phenoxy) is 4. The molecule has 0 aliphatic rings. The molecule has 0 saturated carbocycles. The summed E-state index contributed by atoms with van der Waals surface area (Å²) >= 11 is 0. The van der Waals surface area contributed by atoms with Crippen molar-refractivity contribution in [3.63, 3.8) is 0 Å². The Bertz CT molecular complexity index is 829. The molecule has 2 aromatic carbocycles. The summed E-state index contributed by atoms with van der Waals surface area (Å²) < 4.78 is 20.4. The minimum atomic E-state index is -0.600. The molecule has 0 aromatic heterocycles. The molecule has 0 aliphatic heterocycles. The van der Waals surface area contributed by atoms with E-state index in [1.165, 1.54) is 6.08 Å². The monoisotopic (exact) mass is 385 g/mol. The highest BCUT2D eigenvalue weighted by Gasteiger charge is 2.08. The van der Waals surface area contributed by atoms with Crippen molar-refractivity contribution < 1.29 is 28.5 Å². The van der Waals surface area contributed by atoms with Crippen LogP contribution in [0.4, 0.5) is 0 Å². The summed E-state index contributed by atoms with van der Waals surface area (Å²) in [4.78, 5) is 23.6. The lowest BCUT2D eigenvalue weighted by Crippen LogP contribution is -2.28. The van der Waals surface area contributed by atoms with Crippen LogP contribution in [0.3, 0.4) is 0 Å². The summed E-state index contributed by atoms with van der Waals surface area (Å²) in [6, 6.07) is 12.5. The largest absolute Gasteiger partial charge is 0.497 e. The maximum atomic E-state index is 11.9. The van der Waals surface area contributed by atoms with Crippen LogP contribution in [0.5, 0.6) is 17.2 Å². The van der Waals surface area contributed by atoms with Gasteiger partial charge in [0.2, 0.25) is 0 Å². The average molecular weight is 385 g/mol. The Labute approximate surface area is 163 Å². The third-order valence-corrected chi connectivity index (χ3v) is 3.81. The Morgan fingerprint density at radius 3 is 2.29 bits per heavy atom. The minimum Gasteiger partial charge on any atom is -0.497 e. The van der Waals surface area contributed by atoms with Gasteiger partial charge < -0.3 is 24.3 Å². The van der Waals surface area contributed by atoms with Crippen LogP contribution in [-0.4, -0.2) is 39.8 Å². The number of benzene rings is 2. The Morgan fingerprint density at radius 2 is 1.64 bits per heavy atom. The van der Waals surface area contributed by atoms with Crippen molar-refractivity contribution >= 4 is 18.0 Å². The number of rotatable bonds is 9. The normalized spacial score (nSPS) is 10.4. The van der Waals surface area contributed by atoms with Crippen molar-refractivity contribution in [2.75, 3.05) is 27.9 Å². The van der Waals surface area contributed by atoms with Gasteiger partial charge in [0.15, 0.2) is 18.1 Å². The second kappa shape index (κ2) is 10.6. The first-order valence-electron chi connectivity index (χ1n) is 8.52. The minimum absolute atomic E-state index is 0.276. The lowest BCUT2D eigenvalue weighted by molar-refractivity contribution is -0.143. The quantitative estimate of drug-likeness (QED) is 0.528. The molecule has 0 bridgehead atoms. The molecule has 0 aliphatic carbocycles. The molecule has 0 fully saturated rings. The summed E-state index contributed by atoms with van der Waals surface area (Å²) in [5.74, 6) is 0.906. The number of carbonyl (C=O) groups excluding carboxylic acids is 2. The molecule has 0 unspecified atom stereocenters. The van der Waals surface area contributed by atoms with Crippen LogP contribution in [0.1, 0.15) is 11.1 Å². The number of hydrogen-bond donors (Lipinski definition) is 1. The summed E-state index contributed by atoms with van der Waals surface area (Å²) in [6.45, 7) is -0.0858. The van der Waals surface area contributed by atoms with Crippen molar-refractivity contribution in [3.05, 3.63) is 59.7 Å². The van der Waals surface area contributed by atoms with Crippen LogP contribution in [0, 0.1) is 0 Å². The fourth-order valence-electron chi connectivity index (χ4n) is 2.31. The van der Waals surface area contributed by atoms with E-state index < -0.39 is 11.9 Å². The zero-order chi connectivity index (χ0) is 20.4. The first-order valence-corrected chi connectivity index (χ1v) is 8.52. The van der Waals surface area contributed by atoms with E-state index in [0.29, 0.717) is 11.5 Å². The summed E-state index contributed by atoms with van der Waals surface area (Å²) in [7, 11) is 4.67. The van der Waals surface area contributed by atoms with Gasteiger partial charge in [-0.05, 0) is 41.5 Å². The Kier molecular flexibility index (Phi) is 7.90. The fraction of sp³-hybridized carbons (Fsp3) is 0.238. The zero-order valence-corrected chi connectivity index (χ0v) is 16.1. The number of esters is 1. The lowest BCUT2D eigenvalue weighted by atomic mass is 10.2. The average Bonchev–Trinajstić information content (AvgIpc) is 2.74. The van der Waals surface area contributed by atoms with Gasteiger partial charge in [-0.1, -0.05) is 18.2 Å². The molecular formula is C21H23NO6. The first kappa shape index (κ1) is 20.8. The van der Waals surface area contributed by atoms with Crippen molar-refractivity contribution in [2.24, 2.45) is 0 Å². The van der Waals surface area contributed by atoms with Gasteiger partial charge >= 0.3 is 5.97 Å². The molecule has 2 aromatic rings. The Balaban J connectivity index is 1.77. The van der Waals surface area contributed by atoms with Crippen LogP contribution in [0.25, 0.3) is 6.08 Å². The highest BCUT2D eigenvalue weighted by Crippen LogP contribution is 2.27. The molecule has 7 nitrogen and oxygen atoms in total. The van der Waals surface area contributed by atoms with Gasteiger partial charge in [0, 0.05) is 12.6 Å². The second-order valence-corrected chi connectivity index (χ2v) is 5.68. The van der Waals surface area contributed by atoms with Gasteiger partial charge in [-0.25, -0.2) is 4.79 Å². The van der Waals surface area contributed by atoms with E-state index in [1.807, 2.05) is 6.07 Å². The molecule has 1 N–H and O–H groups in total. The van der Waals surface area contributed by atoms with Crippen LogP contribution in [-0.2, 0) is 20.9 Å². The third kappa shape index (κ3) is 6.35. The Hall–Kier alpha value is -3.48. The second-order valence-electron chi connectivity index (χ2n) is 5.68. The van der Waals surface area contributed by atoms with Crippen molar-refractivity contribution in [1.29, 1.82) is 0 Å². The molecule has 7 heteroatoms. The molecule has 28 heavy (non-hydrogen) atoms. The van der Waals surface area contributed by atoms with E-state index in [2.05, 4.69) is 5.32 Å². The van der Waals surface area contributed by atoms with Gasteiger partial charge in [0.05, 0.1) is 21.3 Å². The molecule has 0 radical (unpaired) electrons.